The number of alkyl halides is 3. The van der Waals surface area contributed by atoms with Gasteiger partial charge in [0.15, 0.2) is 11.5 Å². The maximum absolute atomic E-state index is 13.8. The highest BCUT2D eigenvalue weighted by Crippen LogP contribution is 2.69. The molecule has 39 heavy (non-hydrogen) atoms. The number of para-hydroxylation sites is 1. The molecule has 3 aromatic rings. The molecular formula is C27H21F3N2O5S2. The number of halogens is 3. The van der Waals surface area contributed by atoms with Crippen LogP contribution in [0.1, 0.15) is 28.3 Å². The van der Waals surface area contributed by atoms with E-state index in [1.165, 1.54) is 43.1 Å². The van der Waals surface area contributed by atoms with Crippen molar-refractivity contribution in [3.8, 4) is 11.5 Å². The second-order valence-electron chi connectivity index (χ2n) is 10.4. The fourth-order valence-electron chi connectivity index (χ4n) is 7.42. The fourth-order valence-corrected chi connectivity index (χ4v) is 10.3. The number of aromatic hydroxyl groups is 1. The summed E-state index contributed by atoms with van der Waals surface area (Å²) >= 11 is 2.59. The molecule has 0 radical (unpaired) electrons. The number of amides is 2. The van der Waals surface area contributed by atoms with Crippen molar-refractivity contribution in [3.05, 3.63) is 68.1 Å². The SMILES string of the molecule is COc1cc(C2c3sc(=O)[nH]c3SC3C2[C@H]2C[C@@H]3C3C(=O)N(c4ccccc4C(F)(F)F)C(=O)C32)ccc1O. The summed E-state index contributed by atoms with van der Waals surface area (Å²) in [6.07, 6.45) is -4.12. The van der Waals surface area contributed by atoms with E-state index in [1.807, 2.05) is 0 Å². The first kappa shape index (κ1) is 24.8. The van der Waals surface area contributed by atoms with E-state index in [0.29, 0.717) is 11.4 Å². The van der Waals surface area contributed by atoms with Crippen LogP contribution in [0.5, 0.6) is 11.5 Å². The van der Waals surface area contributed by atoms with Gasteiger partial charge in [0, 0.05) is 16.0 Å². The number of imide groups is 1. The lowest BCUT2D eigenvalue weighted by molar-refractivity contribution is -0.137. The topological polar surface area (TPSA) is 99.7 Å². The molecule has 7 atom stereocenters. The number of phenolic OH excluding ortho intramolecular Hbond substituents is 1. The van der Waals surface area contributed by atoms with Gasteiger partial charge in [-0.3, -0.25) is 14.4 Å². The number of phenols is 1. The predicted molar refractivity (Wildman–Crippen MR) is 137 cm³/mol. The molecule has 202 valence electrons. The second-order valence-corrected chi connectivity index (χ2v) is 12.6. The Balaban J connectivity index is 1.33. The van der Waals surface area contributed by atoms with E-state index in [9.17, 15) is 32.7 Å². The number of nitrogens with zero attached hydrogens (tertiary/aromatic N) is 1. The molecule has 4 aliphatic rings. The van der Waals surface area contributed by atoms with E-state index in [2.05, 4.69) is 4.98 Å². The summed E-state index contributed by atoms with van der Waals surface area (Å²) in [5, 5.41) is 10.8. The van der Waals surface area contributed by atoms with Crippen molar-refractivity contribution in [1.29, 1.82) is 0 Å². The van der Waals surface area contributed by atoms with Crippen molar-refractivity contribution in [3.63, 3.8) is 0 Å². The molecule has 1 aromatic heterocycles. The molecule has 2 bridgehead atoms. The van der Waals surface area contributed by atoms with Crippen LogP contribution in [-0.4, -0.2) is 34.3 Å². The van der Waals surface area contributed by atoms with Gasteiger partial charge in [0.05, 0.1) is 35.2 Å². The number of anilines is 1. The minimum Gasteiger partial charge on any atom is -0.504 e. The van der Waals surface area contributed by atoms with Gasteiger partial charge in [-0.15, -0.1) is 11.8 Å². The highest BCUT2D eigenvalue weighted by Gasteiger charge is 2.70. The van der Waals surface area contributed by atoms with Crippen molar-refractivity contribution < 1.29 is 32.6 Å². The lowest BCUT2D eigenvalue weighted by Crippen LogP contribution is -2.42. The Morgan fingerprint density at radius 2 is 1.77 bits per heavy atom. The quantitative estimate of drug-likeness (QED) is 0.434. The summed E-state index contributed by atoms with van der Waals surface area (Å²) in [5.41, 5.74) is -0.635. The molecule has 3 fully saturated rings. The minimum absolute atomic E-state index is 0.0333. The number of carbonyl (C=O) groups is 2. The molecule has 5 unspecified atom stereocenters. The number of carbonyl (C=O) groups excluding carboxylic acids is 2. The highest BCUT2D eigenvalue weighted by atomic mass is 32.2. The van der Waals surface area contributed by atoms with E-state index in [1.54, 1.807) is 12.1 Å². The normalized spacial score (nSPS) is 30.9. The van der Waals surface area contributed by atoms with Crippen molar-refractivity contribution >= 4 is 40.6 Å². The van der Waals surface area contributed by atoms with Crippen LogP contribution in [0.4, 0.5) is 18.9 Å². The van der Waals surface area contributed by atoms with Crippen LogP contribution in [0.3, 0.4) is 0 Å². The standard InChI is InChI=1S/C27H21F3N2O5S2/c1-37-16-8-10(6-7-15(16)33)17-18-11-9-12(21(18)38-23-22(17)39-26(36)31-23)20-19(11)24(34)32(25(20)35)14-5-3-2-4-13(14)27(28,29)30/h2-8,11-12,17-21,33H,9H2,1H3,(H,31,36)/t11-,12-,17?,18?,19?,20?,21?/m1/s1. The maximum Gasteiger partial charge on any atom is 0.418 e. The molecule has 12 heteroatoms. The van der Waals surface area contributed by atoms with E-state index in [4.69, 9.17) is 4.74 Å². The first-order valence-corrected chi connectivity index (χ1v) is 14.1. The van der Waals surface area contributed by atoms with Crippen LogP contribution in [0.15, 0.2) is 52.3 Å². The van der Waals surface area contributed by atoms with Gasteiger partial charge in [-0.1, -0.05) is 29.5 Å². The predicted octanol–water partition coefficient (Wildman–Crippen LogP) is 4.85. The number of aromatic amines is 1. The number of aromatic nitrogens is 1. The van der Waals surface area contributed by atoms with Crippen LogP contribution < -0.4 is 14.5 Å². The lowest BCUT2D eigenvalue weighted by atomic mass is 9.68. The number of hydrogen-bond acceptors (Lipinski definition) is 7. The number of H-pyrrole nitrogens is 1. The largest absolute Gasteiger partial charge is 0.504 e. The molecule has 7 rings (SSSR count). The van der Waals surface area contributed by atoms with Gasteiger partial charge in [-0.25, -0.2) is 4.90 Å². The van der Waals surface area contributed by atoms with E-state index < -0.39 is 41.1 Å². The highest BCUT2D eigenvalue weighted by molar-refractivity contribution is 8.00. The third-order valence-electron chi connectivity index (χ3n) is 8.74. The molecule has 2 aliphatic heterocycles. The third-order valence-corrected chi connectivity index (χ3v) is 11.3. The van der Waals surface area contributed by atoms with Crippen LogP contribution >= 0.6 is 23.1 Å². The Morgan fingerprint density at radius 3 is 2.49 bits per heavy atom. The maximum atomic E-state index is 13.8. The summed E-state index contributed by atoms with van der Waals surface area (Å²) in [6.45, 7) is 0. The summed E-state index contributed by atoms with van der Waals surface area (Å²) in [6, 6.07) is 9.71. The third kappa shape index (κ3) is 3.40. The monoisotopic (exact) mass is 574 g/mol. The zero-order valence-corrected chi connectivity index (χ0v) is 21.9. The number of thioether (sulfide) groups is 1. The number of nitrogens with one attached hydrogen (secondary N) is 1. The Kier molecular flexibility index (Phi) is 5.32. The van der Waals surface area contributed by atoms with Crippen LogP contribution in [0.2, 0.25) is 0 Å². The molecule has 7 nitrogen and oxygen atoms in total. The first-order chi connectivity index (χ1) is 18.6. The van der Waals surface area contributed by atoms with Crippen molar-refractivity contribution in [2.45, 2.75) is 28.8 Å². The zero-order chi connectivity index (χ0) is 27.4. The van der Waals surface area contributed by atoms with Crippen LogP contribution in [0.25, 0.3) is 0 Å². The molecule has 2 aromatic carbocycles. The number of benzene rings is 2. The number of hydrogen-bond donors (Lipinski definition) is 2. The molecule has 2 N–H and O–H groups in total. The number of rotatable bonds is 3. The Labute approximate surface area is 228 Å². The smallest absolute Gasteiger partial charge is 0.418 e. The summed E-state index contributed by atoms with van der Waals surface area (Å²) in [4.78, 5) is 44.2. The summed E-state index contributed by atoms with van der Waals surface area (Å²) < 4.78 is 46.8. The molecular weight excluding hydrogens is 553 g/mol. The average molecular weight is 575 g/mol. The average Bonchev–Trinajstić information content (AvgIpc) is 3.62. The molecule has 3 heterocycles. The van der Waals surface area contributed by atoms with Gasteiger partial charge < -0.3 is 14.8 Å². The van der Waals surface area contributed by atoms with Crippen LogP contribution in [0, 0.1) is 29.6 Å². The van der Waals surface area contributed by atoms with Crippen molar-refractivity contribution in [1.82, 2.24) is 4.98 Å². The fraction of sp³-hybridized carbons (Fsp3) is 0.370. The number of fused-ring (bicyclic) bond motifs is 9. The molecule has 1 saturated heterocycles. The molecule has 2 aliphatic carbocycles. The Morgan fingerprint density at radius 1 is 1.05 bits per heavy atom. The van der Waals surface area contributed by atoms with E-state index >= 15 is 0 Å². The van der Waals surface area contributed by atoms with Crippen molar-refractivity contribution in [2.24, 2.45) is 29.6 Å². The van der Waals surface area contributed by atoms with Gasteiger partial charge in [0.25, 0.3) is 0 Å². The first-order valence-electron chi connectivity index (χ1n) is 12.4. The van der Waals surface area contributed by atoms with Gasteiger partial charge in [-0.05, 0) is 54.0 Å². The molecule has 2 saturated carbocycles. The van der Waals surface area contributed by atoms with Crippen molar-refractivity contribution in [2.75, 3.05) is 12.0 Å². The van der Waals surface area contributed by atoms with Gasteiger partial charge >= 0.3 is 11.0 Å². The van der Waals surface area contributed by atoms with Crippen LogP contribution in [-0.2, 0) is 15.8 Å². The van der Waals surface area contributed by atoms with E-state index in [0.717, 1.165) is 32.7 Å². The summed E-state index contributed by atoms with van der Waals surface area (Å²) in [7, 11) is 1.44. The minimum atomic E-state index is -4.72. The molecule has 0 spiro atoms. The van der Waals surface area contributed by atoms with Gasteiger partial charge in [-0.2, -0.15) is 13.2 Å². The van der Waals surface area contributed by atoms with Gasteiger partial charge in [0.1, 0.15) is 0 Å². The number of thiazole rings is 1. The zero-order valence-electron chi connectivity index (χ0n) is 20.3. The second kappa shape index (κ2) is 8.37. The molecule has 2 amide bonds. The number of methoxy groups -OCH3 is 1. The number of ether oxygens (including phenoxy) is 1. The van der Waals surface area contributed by atoms with Gasteiger partial charge in [0.2, 0.25) is 11.8 Å². The summed E-state index contributed by atoms with van der Waals surface area (Å²) in [5.74, 6) is -3.30. The lowest BCUT2D eigenvalue weighted by Gasteiger charge is -2.43. The Hall–Kier alpha value is -3.25. The van der Waals surface area contributed by atoms with E-state index in [-0.39, 0.29) is 45.3 Å². The Bertz CT molecular complexity index is 1600.